The van der Waals surface area contributed by atoms with E-state index in [-0.39, 0.29) is 23.0 Å². The summed E-state index contributed by atoms with van der Waals surface area (Å²) in [5, 5.41) is 3.29. The summed E-state index contributed by atoms with van der Waals surface area (Å²) in [6.07, 6.45) is 2.59. The topological polar surface area (TPSA) is 132 Å². The van der Waals surface area contributed by atoms with Crippen LogP contribution in [-0.2, 0) is 46.6 Å². The summed E-state index contributed by atoms with van der Waals surface area (Å²) in [6, 6.07) is 14.3. The number of ether oxygens (including phenoxy) is 1. The number of esters is 1. The van der Waals surface area contributed by atoms with Crippen LogP contribution in [0.15, 0.2) is 69.1 Å². The van der Waals surface area contributed by atoms with Crippen molar-refractivity contribution < 1.29 is 17.9 Å². The van der Waals surface area contributed by atoms with E-state index in [0.717, 1.165) is 35.0 Å². The van der Waals surface area contributed by atoms with Gasteiger partial charge in [-0.1, -0.05) is 55.8 Å². The fourth-order valence-electron chi connectivity index (χ4n) is 4.89. The highest BCUT2D eigenvalue weighted by molar-refractivity contribution is 7.89. The minimum atomic E-state index is -4.04. The van der Waals surface area contributed by atoms with E-state index >= 15 is 0 Å². The third kappa shape index (κ3) is 5.97. The molecule has 40 heavy (non-hydrogen) atoms. The number of nitrogens with zero attached hydrogens (tertiary/aromatic N) is 3. The zero-order valence-corrected chi connectivity index (χ0v) is 23.9. The second kappa shape index (κ2) is 12.1. The Morgan fingerprint density at radius 3 is 2.33 bits per heavy atom. The van der Waals surface area contributed by atoms with Gasteiger partial charge in [-0.3, -0.25) is 18.7 Å². The molecule has 0 saturated heterocycles. The lowest BCUT2D eigenvalue weighted by Gasteiger charge is -2.28. The molecule has 1 aliphatic rings. The molecule has 1 aliphatic heterocycles. The first-order valence-corrected chi connectivity index (χ1v) is 14.6. The summed E-state index contributed by atoms with van der Waals surface area (Å²) in [5.74, 6) is -0.173. The molecule has 0 amide bonds. The van der Waals surface area contributed by atoms with Crippen molar-refractivity contribution in [1.82, 2.24) is 13.9 Å². The van der Waals surface area contributed by atoms with Gasteiger partial charge in [0.15, 0.2) is 0 Å². The number of hydrogen-bond donors (Lipinski definition) is 2. The molecule has 0 radical (unpaired) electrons. The highest BCUT2D eigenvalue weighted by Gasteiger charge is 2.34. The molecule has 0 saturated carbocycles. The van der Waals surface area contributed by atoms with E-state index in [1.54, 1.807) is 19.2 Å². The Hall–Kier alpha value is -3.90. The lowest BCUT2D eigenvalue weighted by atomic mass is 10.1. The number of unbranched alkanes of at least 4 members (excludes halogenated alkanes) is 1. The van der Waals surface area contributed by atoms with Gasteiger partial charge in [0.25, 0.3) is 5.56 Å². The van der Waals surface area contributed by atoms with Gasteiger partial charge in [0, 0.05) is 20.6 Å². The second-order valence-corrected chi connectivity index (χ2v) is 11.6. The van der Waals surface area contributed by atoms with E-state index in [0.29, 0.717) is 18.1 Å². The first-order chi connectivity index (χ1) is 19.1. The predicted molar refractivity (Wildman–Crippen MR) is 153 cm³/mol. The second-order valence-electron chi connectivity index (χ2n) is 9.87. The molecule has 0 fully saturated rings. The third-order valence-electron chi connectivity index (χ3n) is 7.08. The van der Waals surface area contributed by atoms with Crippen molar-refractivity contribution in [2.24, 2.45) is 14.1 Å². The Bertz CT molecular complexity index is 1580. The Kier molecular flexibility index (Phi) is 8.79. The molecular formula is C28H35N5O6S. The van der Waals surface area contributed by atoms with Crippen LogP contribution in [0.3, 0.4) is 0 Å². The van der Waals surface area contributed by atoms with Gasteiger partial charge in [-0.2, -0.15) is 4.72 Å². The Labute approximate surface area is 233 Å². The maximum absolute atomic E-state index is 13.2. The largest absolute Gasteiger partial charge is 0.468 e. The summed E-state index contributed by atoms with van der Waals surface area (Å²) >= 11 is 0. The number of carbonyl (C=O) groups is 1. The summed E-state index contributed by atoms with van der Waals surface area (Å²) in [7, 11) is 0.261. The van der Waals surface area contributed by atoms with E-state index in [1.165, 1.54) is 30.9 Å². The summed E-state index contributed by atoms with van der Waals surface area (Å²) in [4.78, 5) is 39.8. The first-order valence-electron chi connectivity index (χ1n) is 13.1. The molecule has 0 aliphatic carbocycles. The summed E-state index contributed by atoms with van der Waals surface area (Å²) < 4.78 is 36.2. The molecule has 0 spiro atoms. The predicted octanol–water partition coefficient (Wildman–Crippen LogP) is 2.10. The number of hydrogen-bond acceptors (Lipinski definition) is 8. The van der Waals surface area contributed by atoms with Crippen molar-refractivity contribution in [3.05, 3.63) is 86.6 Å². The number of carbonyl (C=O) groups excluding carboxylic acids is 1. The lowest BCUT2D eigenvalue weighted by molar-refractivity contribution is -0.142. The minimum Gasteiger partial charge on any atom is -0.468 e. The zero-order valence-electron chi connectivity index (χ0n) is 23.1. The molecule has 2 atom stereocenters. The van der Waals surface area contributed by atoms with Crippen molar-refractivity contribution in [3.63, 3.8) is 0 Å². The summed E-state index contributed by atoms with van der Waals surface area (Å²) in [6.45, 7) is 2.43. The SMILES string of the molecule is CCCCC1Nc2c(n(C)c(=O)n(C)c2=O)N1Cc1ccc(S(=O)(=O)N[C@H](Cc2ccccc2)C(=O)OC)cc1. The smallest absolute Gasteiger partial charge is 0.332 e. The summed E-state index contributed by atoms with van der Waals surface area (Å²) in [5.41, 5.74) is 1.15. The van der Waals surface area contributed by atoms with Gasteiger partial charge < -0.3 is 15.0 Å². The van der Waals surface area contributed by atoms with Gasteiger partial charge in [0.1, 0.15) is 23.7 Å². The van der Waals surface area contributed by atoms with E-state index in [2.05, 4.69) is 17.0 Å². The number of sulfonamides is 1. The Morgan fingerprint density at radius 2 is 1.70 bits per heavy atom. The fraction of sp³-hybridized carbons (Fsp3) is 0.393. The van der Waals surface area contributed by atoms with Crippen molar-refractivity contribution in [2.75, 3.05) is 17.3 Å². The zero-order chi connectivity index (χ0) is 29.0. The fourth-order valence-corrected chi connectivity index (χ4v) is 6.07. The van der Waals surface area contributed by atoms with Crippen LogP contribution in [0.25, 0.3) is 0 Å². The van der Waals surface area contributed by atoms with E-state index in [9.17, 15) is 22.8 Å². The van der Waals surface area contributed by atoms with Crippen LogP contribution in [0, 0.1) is 0 Å². The number of rotatable bonds is 11. The Balaban J connectivity index is 1.58. The van der Waals surface area contributed by atoms with Crippen LogP contribution in [0.5, 0.6) is 0 Å². The number of benzene rings is 2. The van der Waals surface area contributed by atoms with Crippen LogP contribution in [0.1, 0.15) is 37.3 Å². The molecule has 3 aromatic rings. The number of anilines is 2. The van der Waals surface area contributed by atoms with Crippen LogP contribution in [-0.4, -0.2) is 42.8 Å². The maximum atomic E-state index is 13.2. The molecular weight excluding hydrogens is 534 g/mol. The molecule has 1 aromatic heterocycles. The molecule has 2 heterocycles. The van der Waals surface area contributed by atoms with Gasteiger partial charge in [-0.25, -0.2) is 13.2 Å². The molecule has 11 nitrogen and oxygen atoms in total. The van der Waals surface area contributed by atoms with Crippen molar-refractivity contribution in [1.29, 1.82) is 0 Å². The molecule has 12 heteroatoms. The average molecular weight is 570 g/mol. The standard InChI is InChI=1S/C28H35N5O6S/c1-5-6-12-23-29-24-25(31(2)28(36)32(3)26(24)34)33(23)18-20-13-15-21(16-14-20)40(37,38)30-22(27(35)39-4)17-19-10-8-7-9-11-19/h7-11,13-16,22-23,29-30H,5-6,12,17-18H2,1-4H3/t22-,23?/m1/s1. The van der Waals surface area contributed by atoms with Crippen molar-refractivity contribution in [3.8, 4) is 0 Å². The lowest BCUT2D eigenvalue weighted by Crippen LogP contribution is -2.43. The molecule has 2 N–H and O–H groups in total. The first kappa shape index (κ1) is 29.1. The van der Waals surface area contributed by atoms with Crippen LogP contribution >= 0.6 is 0 Å². The van der Waals surface area contributed by atoms with Crippen LogP contribution in [0.4, 0.5) is 11.5 Å². The van der Waals surface area contributed by atoms with Crippen LogP contribution < -0.4 is 26.2 Å². The monoisotopic (exact) mass is 569 g/mol. The minimum absolute atomic E-state index is 0.00182. The van der Waals surface area contributed by atoms with Gasteiger partial charge in [0.05, 0.1) is 12.0 Å². The molecule has 2 aromatic carbocycles. The third-order valence-corrected chi connectivity index (χ3v) is 8.56. The van der Waals surface area contributed by atoms with Gasteiger partial charge >= 0.3 is 11.7 Å². The normalized spacial score (nSPS) is 15.4. The van der Waals surface area contributed by atoms with E-state index < -0.39 is 27.7 Å². The Morgan fingerprint density at radius 1 is 1.02 bits per heavy atom. The quantitative estimate of drug-likeness (QED) is 0.336. The van der Waals surface area contributed by atoms with Gasteiger partial charge in [-0.15, -0.1) is 0 Å². The van der Waals surface area contributed by atoms with Crippen molar-refractivity contribution in [2.45, 2.75) is 56.3 Å². The highest BCUT2D eigenvalue weighted by Crippen LogP contribution is 2.33. The molecule has 0 bridgehead atoms. The van der Waals surface area contributed by atoms with Crippen LogP contribution in [0.2, 0.25) is 0 Å². The van der Waals surface area contributed by atoms with E-state index in [4.69, 9.17) is 4.74 Å². The van der Waals surface area contributed by atoms with Crippen molar-refractivity contribution >= 4 is 27.5 Å². The van der Waals surface area contributed by atoms with E-state index in [1.807, 2.05) is 35.2 Å². The number of methoxy groups -OCH3 is 1. The molecule has 214 valence electrons. The number of aromatic nitrogens is 2. The number of fused-ring (bicyclic) bond motifs is 1. The highest BCUT2D eigenvalue weighted by atomic mass is 32.2. The molecule has 1 unspecified atom stereocenters. The van der Waals surface area contributed by atoms with Gasteiger partial charge in [0.2, 0.25) is 10.0 Å². The maximum Gasteiger partial charge on any atom is 0.332 e. The molecule has 4 rings (SSSR count). The van der Waals surface area contributed by atoms with Gasteiger partial charge in [-0.05, 0) is 42.5 Å². The number of nitrogens with one attached hydrogen (secondary N) is 2. The average Bonchev–Trinajstić information content (AvgIpc) is 3.31.